The fraction of sp³-hybridized carbons (Fsp3) is 1.00. The van der Waals surface area contributed by atoms with Crippen LogP contribution in [0.4, 0.5) is 0 Å². The molecule has 0 aromatic carbocycles. The van der Waals surface area contributed by atoms with Gasteiger partial charge < -0.3 is 10.2 Å². The molecule has 0 spiro atoms. The minimum Gasteiger partial charge on any atom is -0.393 e. The molecule has 0 aliphatic rings. The molecule has 2 nitrogen and oxygen atoms in total. The van der Waals surface area contributed by atoms with Crippen molar-refractivity contribution in [3.63, 3.8) is 0 Å². The maximum absolute atomic E-state index is 9.60. The van der Waals surface area contributed by atoms with Crippen molar-refractivity contribution in [1.29, 1.82) is 0 Å². The summed E-state index contributed by atoms with van der Waals surface area (Å²) in [6.07, 6.45) is 23.4. The van der Waals surface area contributed by atoms with Crippen molar-refractivity contribution in [3.05, 3.63) is 0 Å². The van der Waals surface area contributed by atoms with E-state index in [9.17, 15) is 10.2 Å². The first kappa shape index (κ1) is 32.1. The molecule has 0 aromatic rings. The quantitative estimate of drug-likeness (QED) is 0.190. The van der Waals surface area contributed by atoms with E-state index in [0.717, 1.165) is 12.8 Å². The lowest BCUT2D eigenvalue weighted by molar-refractivity contribution is 0.113. The second kappa shape index (κ2) is 25.2. The summed E-state index contributed by atoms with van der Waals surface area (Å²) >= 11 is 0. The molecule has 2 N–H and O–H groups in total. The lowest BCUT2D eigenvalue weighted by Crippen LogP contribution is -2.13. The summed E-state index contributed by atoms with van der Waals surface area (Å²) in [6.45, 7) is 12.9. The zero-order valence-electron chi connectivity index (χ0n) is 21.9. The second-order valence-electron chi connectivity index (χ2n) is 10.1. The van der Waals surface area contributed by atoms with Gasteiger partial charge in [0, 0.05) is 0 Å². The van der Waals surface area contributed by atoms with Gasteiger partial charge in [0.1, 0.15) is 0 Å². The van der Waals surface area contributed by atoms with Crippen LogP contribution in [0.15, 0.2) is 0 Å². The molecule has 30 heavy (non-hydrogen) atoms. The first-order valence-electron chi connectivity index (χ1n) is 13.7. The van der Waals surface area contributed by atoms with Crippen LogP contribution in [0.5, 0.6) is 0 Å². The van der Waals surface area contributed by atoms with E-state index >= 15 is 0 Å². The monoisotopic (exact) mass is 428 g/mol. The fourth-order valence-corrected chi connectivity index (χ4v) is 3.64. The van der Waals surface area contributed by atoms with Gasteiger partial charge in [0.25, 0.3) is 0 Å². The summed E-state index contributed by atoms with van der Waals surface area (Å²) in [5, 5.41) is 19.2. The molecule has 0 aliphatic heterocycles. The summed E-state index contributed by atoms with van der Waals surface area (Å²) < 4.78 is 0. The van der Waals surface area contributed by atoms with Gasteiger partial charge >= 0.3 is 0 Å². The normalized spacial score (nSPS) is 13.4. The minimum atomic E-state index is -0.0786. The van der Waals surface area contributed by atoms with Gasteiger partial charge in [0.2, 0.25) is 0 Å². The van der Waals surface area contributed by atoms with Gasteiger partial charge in [-0.2, -0.15) is 0 Å². The Balaban J connectivity index is 0. The van der Waals surface area contributed by atoms with Crippen molar-refractivity contribution in [2.45, 2.75) is 169 Å². The summed E-state index contributed by atoms with van der Waals surface area (Å²) in [5.74, 6) is 0.851. The molecule has 0 bridgehead atoms. The van der Waals surface area contributed by atoms with Crippen LogP contribution in [0.25, 0.3) is 0 Å². The molecule has 0 aliphatic carbocycles. The molecule has 0 aromatic heterocycles. The number of rotatable bonds is 20. The van der Waals surface area contributed by atoms with Gasteiger partial charge in [-0.1, -0.05) is 144 Å². The second-order valence-corrected chi connectivity index (χ2v) is 10.1. The summed E-state index contributed by atoms with van der Waals surface area (Å²) in [6, 6.07) is 0. The van der Waals surface area contributed by atoms with Crippen LogP contribution in [0.2, 0.25) is 0 Å². The molecular formula is C28H60O2. The number of aliphatic hydroxyl groups excluding tert-OH is 2. The van der Waals surface area contributed by atoms with Gasteiger partial charge in [0.15, 0.2) is 0 Å². The maximum Gasteiger partial charge on any atom is 0.0563 e. The molecule has 184 valence electrons. The van der Waals surface area contributed by atoms with Crippen LogP contribution in [-0.4, -0.2) is 22.4 Å². The largest absolute Gasteiger partial charge is 0.393 e. The summed E-state index contributed by atoms with van der Waals surface area (Å²) in [4.78, 5) is 0. The average molecular weight is 429 g/mol. The van der Waals surface area contributed by atoms with Crippen molar-refractivity contribution >= 4 is 0 Å². The standard InChI is InChI=1S/2C14H30O/c2*1-4-5-6-7-8-9-10-11-12-14(15)13(2)3/h2*13-15H,4-12H2,1-3H3. The van der Waals surface area contributed by atoms with Gasteiger partial charge in [-0.25, -0.2) is 0 Å². The Morgan fingerprint density at radius 3 is 0.867 bits per heavy atom. The zero-order chi connectivity index (χ0) is 23.0. The predicted molar refractivity (Wildman–Crippen MR) is 136 cm³/mol. The Morgan fingerprint density at radius 2 is 0.633 bits per heavy atom. The van der Waals surface area contributed by atoms with E-state index in [-0.39, 0.29) is 12.2 Å². The predicted octanol–water partition coefficient (Wildman–Crippen LogP) is 9.07. The highest BCUT2D eigenvalue weighted by Crippen LogP contribution is 2.14. The molecule has 2 atom stereocenters. The van der Waals surface area contributed by atoms with E-state index < -0.39 is 0 Å². The minimum absolute atomic E-state index is 0.0786. The van der Waals surface area contributed by atoms with Gasteiger partial charge in [-0.05, 0) is 24.7 Å². The van der Waals surface area contributed by atoms with E-state index in [0.29, 0.717) is 11.8 Å². The van der Waals surface area contributed by atoms with Crippen LogP contribution in [0, 0.1) is 11.8 Å². The maximum atomic E-state index is 9.60. The Hall–Kier alpha value is -0.0800. The van der Waals surface area contributed by atoms with Crippen molar-refractivity contribution in [2.24, 2.45) is 11.8 Å². The van der Waals surface area contributed by atoms with E-state index in [2.05, 4.69) is 41.5 Å². The van der Waals surface area contributed by atoms with Crippen LogP contribution >= 0.6 is 0 Å². The number of unbranched alkanes of at least 4 members (excludes halogenated alkanes) is 14. The Bertz CT molecular complexity index is 271. The van der Waals surface area contributed by atoms with Crippen LogP contribution in [-0.2, 0) is 0 Å². The van der Waals surface area contributed by atoms with Crippen LogP contribution < -0.4 is 0 Å². The first-order valence-corrected chi connectivity index (χ1v) is 13.7. The molecule has 2 heteroatoms. The first-order chi connectivity index (χ1) is 14.4. The summed E-state index contributed by atoms with van der Waals surface area (Å²) in [7, 11) is 0. The smallest absolute Gasteiger partial charge is 0.0563 e. The van der Waals surface area contributed by atoms with Gasteiger partial charge in [0.05, 0.1) is 12.2 Å². The molecular weight excluding hydrogens is 368 g/mol. The zero-order valence-corrected chi connectivity index (χ0v) is 21.9. The number of hydrogen-bond acceptors (Lipinski definition) is 2. The van der Waals surface area contributed by atoms with E-state index in [1.807, 2.05) is 0 Å². The SMILES string of the molecule is CCCCCCCCCCC(O)C(C)C.CCCCCCCCCCC(O)C(C)C. The topological polar surface area (TPSA) is 40.5 Å². The van der Waals surface area contributed by atoms with Gasteiger partial charge in [-0.15, -0.1) is 0 Å². The third kappa shape index (κ3) is 26.0. The Kier molecular flexibility index (Phi) is 26.9. The third-order valence-corrected chi connectivity index (χ3v) is 6.25. The third-order valence-electron chi connectivity index (χ3n) is 6.25. The molecule has 0 radical (unpaired) electrons. The van der Waals surface area contributed by atoms with Crippen LogP contribution in [0.1, 0.15) is 157 Å². The highest BCUT2D eigenvalue weighted by atomic mass is 16.3. The van der Waals surface area contributed by atoms with E-state index in [1.54, 1.807) is 0 Å². The highest BCUT2D eigenvalue weighted by molar-refractivity contribution is 4.60. The van der Waals surface area contributed by atoms with Crippen molar-refractivity contribution in [1.82, 2.24) is 0 Å². The Labute approximate surface area is 191 Å². The molecule has 2 unspecified atom stereocenters. The van der Waals surface area contributed by atoms with E-state index in [4.69, 9.17) is 0 Å². The molecule has 0 saturated carbocycles. The summed E-state index contributed by atoms with van der Waals surface area (Å²) in [5.41, 5.74) is 0. The molecule has 0 saturated heterocycles. The Morgan fingerprint density at radius 1 is 0.400 bits per heavy atom. The molecule has 0 heterocycles. The average Bonchev–Trinajstić information content (AvgIpc) is 2.71. The van der Waals surface area contributed by atoms with Gasteiger partial charge in [-0.3, -0.25) is 0 Å². The lowest BCUT2D eigenvalue weighted by Gasteiger charge is -2.13. The van der Waals surface area contributed by atoms with Crippen molar-refractivity contribution < 1.29 is 10.2 Å². The molecule has 0 fully saturated rings. The van der Waals surface area contributed by atoms with Crippen molar-refractivity contribution in [2.75, 3.05) is 0 Å². The molecule has 0 rings (SSSR count). The highest BCUT2D eigenvalue weighted by Gasteiger charge is 2.08. The number of hydrogen-bond donors (Lipinski definition) is 2. The van der Waals surface area contributed by atoms with Crippen LogP contribution in [0.3, 0.4) is 0 Å². The molecule has 0 amide bonds. The van der Waals surface area contributed by atoms with Crippen molar-refractivity contribution in [3.8, 4) is 0 Å². The number of aliphatic hydroxyl groups is 2. The lowest BCUT2D eigenvalue weighted by atomic mass is 10.00. The van der Waals surface area contributed by atoms with E-state index in [1.165, 1.54) is 103 Å². The fourth-order valence-electron chi connectivity index (χ4n) is 3.64.